The molecule has 1 saturated heterocycles. The zero-order chi connectivity index (χ0) is 37.8. The molecule has 3 aliphatic rings. The van der Waals surface area contributed by atoms with E-state index >= 15 is 0 Å². The van der Waals surface area contributed by atoms with E-state index in [0.29, 0.717) is 46.4 Å². The van der Waals surface area contributed by atoms with Crippen LogP contribution in [0, 0.1) is 5.92 Å². The van der Waals surface area contributed by atoms with E-state index in [1.54, 1.807) is 44.7 Å². The van der Waals surface area contributed by atoms with E-state index in [2.05, 4.69) is 20.9 Å². The Bertz CT molecular complexity index is 2020. The molecule has 15 nitrogen and oxygen atoms in total. The number of amides is 4. The zero-order valence-corrected chi connectivity index (χ0v) is 30.8. The molecule has 4 N–H and O–H groups in total. The molecule has 7 rings (SSSR count). The second-order valence-corrected chi connectivity index (χ2v) is 14.6. The number of rotatable bonds is 8. The van der Waals surface area contributed by atoms with E-state index in [1.807, 2.05) is 41.8 Å². The minimum absolute atomic E-state index is 0.0483. The summed E-state index contributed by atoms with van der Waals surface area (Å²) in [7, 11) is 3.14. The van der Waals surface area contributed by atoms with Gasteiger partial charge in [0, 0.05) is 41.7 Å². The van der Waals surface area contributed by atoms with Crippen LogP contribution in [0.5, 0.6) is 11.5 Å². The van der Waals surface area contributed by atoms with Gasteiger partial charge in [0.25, 0.3) is 0 Å². The highest BCUT2D eigenvalue weighted by atomic mass is 32.1. The maximum Gasteiger partial charge on any atom is 0.330 e. The smallest absolute Gasteiger partial charge is 0.330 e. The molecule has 5 atom stereocenters. The molecule has 2 aromatic carbocycles. The number of aliphatic carboxylic acids is 1. The Morgan fingerprint density at radius 1 is 0.981 bits per heavy atom. The van der Waals surface area contributed by atoms with Gasteiger partial charge in [-0.05, 0) is 74.2 Å². The molecule has 0 spiro atoms. The number of hydrogen-bond donors (Lipinski definition) is 4. The van der Waals surface area contributed by atoms with E-state index in [-0.39, 0.29) is 25.3 Å². The molecule has 0 radical (unpaired) electrons. The minimum Gasteiger partial charge on any atom is -0.497 e. The fraction of sp³-hybridized carbons (Fsp3) is 0.395. The second-order valence-electron chi connectivity index (χ2n) is 13.7. The van der Waals surface area contributed by atoms with Crippen LogP contribution in [0.2, 0.25) is 0 Å². The standard InChI is InChI=1S/C38H42N8O7S/c1-52-27-14-10-23(11-15-27)31-32(34-39-18-19-54-34)44-46(43-31)26-20-30-33(47)42-38(36(49)50)21-24(38)8-6-4-3-5-7-9-29(35(48)45(30)22-26)41-37(51)40-25-12-16-28(53-2)17-13-25/h6,8,10-19,24,26,29-30H,3-5,7,9,20-22H2,1-2H3,(H,42,47)(H,49,50)(H2,40,41,51)/b8-6-/t24-,26-,29+,30+,38-/m1/s1. The molecule has 16 heteroatoms. The zero-order valence-electron chi connectivity index (χ0n) is 29.9. The van der Waals surface area contributed by atoms with Crippen LogP contribution in [0.25, 0.3) is 22.0 Å². The van der Waals surface area contributed by atoms with E-state index in [0.717, 1.165) is 24.8 Å². The first-order chi connectivity index (χ1) is 26.2. The molecule has 1 aliphatic carbocycles. The number of allylic oxidation sites excluding steroid dienone is 1. The summed E-state index contributed by atoms with van der Waals surface area (Å²) in [4.78, 5) is 62.1. The molecule has 4 amide bonds. The van der Waals surface area contributed by atoms with Crippen molar-refractivity contribution in [2.24, 2.45) is 5.92 Å². The summed E-state index contributed by atoms with van der Waals surface area (Å²) < 4.78 is 10.6. The Morgan fingerprint density at radius 3 is 2.39 bits per heavy atom. The van der Waals surface area contributed by atoms with E-state index in [9.17, 15) is 24.3 Å². The summed E-state index contributed by atoms with van der Waals surface area (Å²) in [6, 6.07) is 11.1. The van der Waals surface area contributed by atoms with Crippen LogP contribution in [0.4, 0.5) is 10.5 Å². The third-order valence-corrected chi connectivity index (χ3v) is 11.0. The highest BCUT2D eigenvalue weighted by Gasteiger charge is 2.61. The first-order valence-electron chi connectivity index (χ1n) is 17.9. The summed E-state index contributed by atoms with van der Waals surface area (Å²) in [5, 5.41) is 31.0. The molecule has 0 bridgehead atoms. The molecule has 2 aromatic heterocycles. The lowest BCUT2D eigenvalue weighted by molar-refractivity contribution is -0.145. The minimum atomic E-state index is -1.46. The number of benzene rings is 2. The molecule has 282 valence electrons. The van der Waals surface area contributed by atoms with E-state index in [4.69, 9.17) is 19.7 Å². The number of carbonyl (C=O) groups excluding carboxylic acids is 3. The van der Waals surface area contributed by atoms with Gasteiger partial charge >= 0.3 is 12.0 Å². The summed E-state index contributed by atoms with van der Waals surface area (Å²) in [5.74, 6) is -1.20. The molecule has 0 unspecified atom stereocenters. The van der Waals surface area contributed by atoms with Crippen molar-refractivity contribution in [2.45, 2.75) is 68.6 Å². The largest absolute Gasteiger partial charge is 0.497 e. The average molecular weight is 755 g/mol. The number of carbonyl (C=O) groups is 4. The molecule has 4 heterocycles. The highest BCUT2D eigenvalue weighted by molar-refractivity contribution is 7.13. The highest BCUT2D eigenvalue weighted by Crippen LogP contribution is 2.46. The summed E-state index contributed by atoms with van der Waals surface area (Å²) in [6.07, 6.45) is 9.23. The maximum absolute atomic E-state index is 14.6. The quantitative estimate of drug-likeness (QED) is 0.180. The number of aromatic nitrogens is 4. The van der Waals surface area contributed by atoms with Gasteiger partial charge in [-0.1, -0.05) is 25.0 Å². The topological polar surface area (TPSA) is 190 Å². The van der Waals surface area contributed by atoms with Crippen molar-refractivity contribution in [2.75, 3.05) is 26.1 Å². The van der Waals surface area contributed by atoms with Gasteiger partial charge in [-0.15, -0.1) is 16.4 Å². The number of nitrogens with one attached hydrogen (secondary N) is 3. The Kier molecular flexibility index (Phi) is 10.6. The van der Waals surface area contributed by atoms with Crippen LogP contribution < -0.4 is 25.4 Å². The van der Waals surface area contributed by atoms with Crippen LogP contribution >= 0.6 is 11.3 Å². The summed E-state index contributed by atoms with van der Waals surface area (Å²) >= 11 is 1.41. The van der Waals surface area contributed by atoms with E-state index in [1.165, 1.54) is 21.0 Å². The SMILES string of the molecule is COc1ccc(NC(=O)N[C@H]2CCCCC/C=C\[C@@H]3C[C@@]3(C(=O)O)NC(=O)[C@@H]3C[C@@H](n4nc(-c5ccc(OC)cc5)c(-c5nccs5)n4)CN3C2=O)cc1. The molecule has 54 heavy (non-hydrogen) atoms. The number of urea groups is 1. The first-order valence-corrected chi connectivity index (χ1v) is 18.8. The van der Waals surface area contributed by atoms with E-state index < -0.39 is 47.5 Å². The Balaban J connectivity index is 1.21. The van der Waals surface area contributed by atoms with Crippen molar-refractivity contribution in [3.63, 3.8) is 0 Å². The van der Waals surface area contributed by atoms with Crippen LogP contribution in [-0.2, 0) is 14.4 Å². The molecular weight excluding hydrogens is 713 g/mol. The number of thiazole rings is 1. The van der Waals surface area contributed by atoms with Crippen molar-refractivity contribution in [3.8, 4) is 33.5 Å². The lowest BCUT2D eigenvalue weighted by Gasteiger charge is -2.29. The Labute approximate surface area is 315 Å². The van der Waals surface area contributed by atoms with Crippen LogP contribution in [0.15, 0.2) is 72.3 Å². The Hall–Kier alpha value is -5.77. The third kappa shape index (κ3) is 7.64. The Morgan fingerprint density at radius 2 is 1.70 bits per heavy atom. The number of carboxylic acid groups (broad SMARTS) is 1. The monoisotopic (exact) mass is 754 g/mol. The van der Waals surface area contributed by atoms with Crippen molar-refractivity contribution in [1.82, 2.24) is 35.5 Å². The third-order valence-electron chi connectivity index (χ3n) is 10.2. The second kappa shape index (κ2) is 15.7. The van der Waals surface area contributed by atoms with Gasteiger partial charge in [0.05, 0.1) is 20.3 Å². The maximum atomic E-state index is 14.6. The lowest BCUT2D eigenvalue weighted by atomic mass is 10.0. The predicted octanol–water partition coefficient (Wildman–Crippen LogP) is 4.90. The van der Waals surface area contributed by atoms with Gasteiger partial charge in [0.15, 0.2) is 0 Å². The van der Waals surface area contributed by atoms with Crippen LogP contribution in [-0.4, -0.2) is 92.2 Å². The van der Waals surface area contributed by atoms with Gasteiger partial charge < -0.3 is 35.4 Å². The number of methoxy groups -OCH3 is 2. The number of nitrogens with zero attached hydrogens (tertiary/aromatic N) is 5. The number of hydrogen-bond acceptors (Lipinski definition) is 10. The van der Waals surface area contributed by atoms with Gasteiger partial charge in [0.2, 0.25) is 11.8 Å². The fourth-order valence-electron chi connectivity index (χ4n) is 7.16. The lowest BCUT2D eigenvalue weighted by Crippen LogP contribution is -2.56. The number of ether oxygens (including phenoxy) is 2. The van der Waals surface area contributed by atoms with Gasteiger partial charge in [-0.2, -0.15) is 9.90 Å². The molecule has 2 aliphatic heterocycles. The molecular formula is C38H42N8O7S. The summed E-state index contributed by atoms with van der Waals surface area (Å²) in [6.45, 7) is 0.0483. The van der Waals surface area contributed by atoms with Gasteiger partial charge in [0.1, 0.15) is 45.5 Å². The van der Waals surface area contributed by atoms with Crippen molar-refractivity contribution >= 4 is 40.8 Å². The van der Waals surface area contributed by atoms with Gasteiger partial charge in [-0.25, -0.2) is 14.6 Å². The van der Waals surface area contributed by atoms with Crippen molar-refractivity contribution < 1.29 is 33.8 Å². The van der Waals surface area contributed by atoms with Crippen molar-refractivity contribution in [1.29, 1.82) is 0 Å². The molecule has 1 saturated carbocycles. The number of anilines is 1. The van der Waals surface area contributed by atoms with Crippen LogP contribution in [0.1, 0.15) is 51.0 Å². The fourth-order valence-corrected chi connectivity index (χ4v) is 7.78. The average Bonchev–Trinajstić information content (AvgIpc) is 3.63. The number of fused-ring (bicyclic) bond motifs is 2. The first kappa shape index (κ1) is 36.6. The van der Waals surface area contributed by atoms with Gasteiger partial charge in [-0.3, -0.25) is 9.59 Å². The molecule has 4 aromatic rings. The summed E-state index contributed by atoms with van der Waals surface area (Å²) in [5.41, 5.74) is 0.939. The van der Waals surface area contributed by atoms with Crippen LogP contribution in [0.3, 0.4) is 0 Å². The van der Waals surface area contributed by atoms with Crippen molar-refractivity contribution in [3.05, 3.63) is 72.3 Å². The molecule has 2 fully saturated rings. The predicted molar refractivity (Wildman–Crippen MR) is 200 cm³/mol. The normalized spacial score (nSPS) is 24.9. The number of carboxylic acids is 1.